The maximum absolute atomic E-state index is 10.9. The lowest BCUT2D eigenvalue weighted by Crippen LogP contribution is -2.45. The minimum absolute atomic E-state index is 0. The summed E-state index contributed by atoms with van der Waals surface area (Å²) in [5, 5.41) is 5.50. The van der Waals surface area contributed by atoms with Crippen LogP contribution in [0.1, 0.15) is 6.92 Å². The number of hydrogen-bond acceptors (Lipinski definition) is 4. The molecule has 5 heteroatoms. The molecule has 0 spiro atoms. The Morgan fingerprint density at radius 2 is 1.91 bits per heavy atom. The quantitative estimate of drug-likeness (QED) is 0.465. The molecule has 0 aliphatic carbocycles. The highest BCUT2D eigenvalue weighted by atomic mass is 35.5. The summed E-state index contributed by atoms with van der Waals surface area (Å²) in [6.45, 7) is 2.19. The minimum Gasteiger partial charge on any atom is -0.464 e. The van der Waals surface area contributed by atoms with Crippen molar-refractivity contribution < 1.29 is 9.53 Å². The first-order chi connectivity index (χ1) is 4.76. The van der Waals surface area contributed by atoms with Crippen LogP contribution < -0.4 is 10.6 Å². The zero-order valence-electron chi connectivity index (χ0n) is 7.01. The molecule has 11 heavy (non-hydrogen) atoms. The van der Waals surface area contributed by atoms with Crippen molar-refractivity contribution >= 4 is 18.4 Å². The predicted molar refractivity (Wildman–Crippen MR) is 45.8 cm³/mol. The van der Waals surface area contributed by atoms with Crippen molar-refractivity contribution in [1.29, 1.82) is 0 Å². The molecule has 0 atom stereocenters. The number of likely N-dealkylation sites (N-methyl/N-ethyl adjacent to an activating group) is 2. The number of carbonyl (C=O) groups excluding carboxylic acids is 1. The lowest BCUT2D eigenvalue weighted by Gasteiger charge is -2.12. The summed E-state index contributed by atoms with van der Waals surface area (Å²) >= 11 is 0. The van der Waals surface area contributed by atoms with E-state index in [-0.39, 0.29) is 24.5 Å². The second-order valence-electron chi connectivity index (χ2n) is 1.76. The van der Waals surface area contributed by atoms with Crippen LogP contribution in [-0.4, -0.2) is 32.8 Å². The van der Waals surface area contributed by atoms with Crippen molar-refractivity contribution in [3.05, 3.63) is 0 Å². The summed E-state index contributed by atoms with van der Waals surface area (Å²) < 4.78 is 4.72. The van der Waals surface area contributed by atoms with Gasteiger partial charge >= 0.3 is 5.97 Å². The van der Waals surface area contributed by atoms with Crippen molar-refractivity contribution in [3.63, 3.8) is 0 Å². The fraction of sp³-hybridized carbons (Fsp3) is 0.833. The van der Waals surface area contributed by atoms with Crippen molar-refractivity contribution in [2.45, 2.75) is 13.1 Å². The summed E-state index contributed by atoms with van der Waals surface area (Å²) in [7, 11) is 3.39. The first kappa shape index (κ1) is 13.3. The fourth-order valence-electron chi connectivity index (χ4n) is 0.606. The molecule has 0 aromatic heterocycles. The number of ether oxygens (including phenoxy) is 1. The topological polar surface area (TPSA) is 50.4 Å². The molecule has 68 valence electrons. The SMILES string of the molecule is CCOC(=O)C(NC)NC.Cl. The average molecular weight is 183 g/mol. The second-order valence-corrected chi connectivity index (χ2v) is 1.76. The Hall–Kier alpha value is -0.320. The number of rotatable bonds is 4. The largest absolute Gasteiger partial charge is 0.464 e. The van der Waals surface area contributed by atoms with E-state index in [9.17, 15) is 4.79 Å². The van der Waals surface area contributed by atoms with Crippen molar-refractivity contribution in [3.8, 4) is 0 Å². The lowest BCUT2D eigenvalue weighted by atomic mass is 10.5. The van der Waals surface area contributed by atoms with Crippen LogP contribution >= 0.6 is 12.4 Å². The van der Waals surface area contributed by atoms with Gasteiger partial charge in [-0.2, -0.15) is 0 Å². The Labute approximate surface area is 73.1 Å². The molecule has 0 aromatic carbocycles. The van der Waals surface area contributed by atoms with E-state index < -0.39 is 0 Å². The van der Waals surface area contributed by atoms with Crippen LogP contribution in [0.15, 0.2) is 0 Å². The highest BCUT2D eigenvalue weighted by molar-refractivity contribution is 5.85. The van der Waals surface area contributed by atoms with Crippen LogP contribution in [0.2, 0.25) is 0 Å². The van der Waals surface area contributed by atoms with E-state index in [2.05, 4.69) is 10.6 Å². The van der Waals surface area contributed by atoms with E-state index in [1.807, 2.05) is 0 Å². The summed E-state index contributed by atoms with van der Waals surface area (Å²) in [6, 6.07) is 0. The maximum atomic E-state index is 10.9. The second kappa shape index (κ2) is 7.78. The fourth-order valence-corrected chi connectivity index (χ4v) is 0.606. The molecule has 0 aliphatic rings. The molecular formula is C6H15ClN2O2. The number of esters is 1. The highest BCUT2D eigenvalue weighted by Gasteiger charge is 2.13. The van der Waals surface area contributed by atoms with Crippen molar-refractivity contribution in [1.82, 2.24) is 10.6 Å². The molecule has 0 fully saturated rings. The van der Waals surface area contributed by atoms with Crippen LogP contribution in [0.5, 0.6) is 0 Å². The molecule has 0 radical (unpaired) electrons. The van der Waals surface area contributed by atoms with Gasteiger partial charge in [0, 0.05) is 0 Å². The van der Waals surface area contributed by atoms with Gasteiger partial charge in [-0.1, -0.05) is 0 Å². The Balaban J connectivity index is 0. The first-order valence-corrected chi connectivity index (χ1v) is 3.27. The number of nitrogens with one attached hydrogen (secondary N) is 2. The van der Waals surface area contributed by atoms with Gasteiger partial charge in [-0.3, -0.25) is 10.6 Å². The molecule has 4 nitrogen and oxygen atoms in total. The zero-order valence-corrected chi connectivity index (χ0v) is 7.83. The van der Waals surface area contributed by atoms with E-state index in [1.165, 1.54) is 0 Å². The predicted octanol–water partition coefficient (Wildman–Crippen LogP) is -0.264. The van der Waals surface area contributed by atoms with Gasteiger partial charge in [0.15, 0.2) is 6.17 Å². The Morgan fingerprint density at radius 3 is 2.18 bits per heavy atom. The molecular weight excluding hydrogens is 168 g/mol. The zero-order chi connectivity index (χ0) is 7.98. The highest BCUT2D eigenvalue weighted by Crippen LogP contribution is 1.81. The average Bonchev–Trinajstić information content (AvgIpc) is 1.91. The monoisotopic (exact) mass is 182 g/mol. The number of carbonyl (C=O) groups is 1. The lowest BCUT2D eigenvalue weighted by molar-refractivity contribution is -0.146. The minimum atomic E-state index is -0.389. The third-order valence-electron chi connectivity index (χ3n) is 1.10. The van der Waals surface area contributed by atoms with E-state index in [0.717, 1.165) is 0 Å². The summed E-state index contributed by atoms with van der Waals surface area (Å²) in [5.74, 6) is -0.271. The van der Waals surface area contributed by atoms with Gasteiger partial charge in [0.25, 0.3) is 0 Å². The third-order valence-corrected chi connectivity index (χ3v) is 1.10. The van der Waals surface area contributed by atoms with Gasteiger partial charge in [0.05, 0.1) is 6.61 Å². The van der Waals surface area contributed by atoms with Crippen molar-refractivity contribution in [2.24, 2.45) is 0 Å². The smallest absolute Gasteiger partial charge is 0.338 e. The molecule has 2 N–H and O–H groups in total. The van der Waals surface area contributed by atoms with Gasteiger partial charge in [0.1, 0.15) is 0 Å². The Kier molecular flexibility index (Phi) is 9.40. The molecule has 0 saturated carbocycles. The van der Waals surface area contributed by atoms with Gasteiger partial charge < -0.3 is 4.74 Å². The normalized spacial score (nSPS) is 9.09. The standard InChI is InChI=1S/C6H14N2O2.ClH/c1-4-10-6(9)5(7-2)8-3;/h5,7-8H,4H2,1-3H3;1H. The summed E-state index contributed by atoms with van der Waals surface area (Å²) in [5.41, 5.74) is 0. The Morgan fingerprint density at radius 1 is 1.45 bits per heavy atom. The number of hydrogen-bond donors (Lipinski definition) is 2. The molecule has 0 unspecified atom stereocenters. The summed E-state index contributed by atoms with van der Waals surface area (Å²) in [4.78, 5) is 10.9. The van der Waals surface area contributed by atoms with Crippen molar-refractivity contribution in [2.75, 3.05) is 20.7 Å². The van der Waals surface area contributed by atoms with Crippen LogP contribution in [0, 0.1) is 0 Å². The van der Waals surface area contributed by atoms with Crippen LogP contribution in [0.3, 0.4) is 0 Å². The molecule has 0 bridgehead atoms. The molecule has 0 heterocycles. The van der Waals surface area contributed by atoms with E-state index in [4.69, 9.17) is 4.74 Å². The van der Waals surface area contributed by atoms with Gasteiger partial charge in [0.2, 0.25) is 0 Å². The van der Waals surface area contributed by atoms with Gasteiger partial charge in [-0.25, -0.2) is 4.79 Å². The number of halogens is 1. The Bertz CT molecular complexity index is 107. The molecule has 0 amide bonds. The van der Waals surface area contributed by atoms with Gasteiger partial charge in [-0.15, -0.1) is 12.4 Å². The summed E-state index contributed by atoms with van der Waals surface area (Å²) in [6.07, 6.45) is -0.389. The first-order valence-electron chi connectivity index (χ1n) is 3.27. The van der Waals surface area contributed by atoms with E-state index in [0.29, 0.717) is 6.61 Å². The van der Waals surface area contributed by atoms with E-state index in [1.54, 1.807) is 21.0 Å². The van der Waals surface area contributed by atoms with E-state index >= 15 is 0 Å². The van der Waals surface area contributed by atoms with Crippen LogP contribution in [0.4, 0.5) is 0 Å². The molecule has 0 saturated heterocycles. The molecule has 0 aromatic rings. The molecule has 0 rings (SSSR count). The van der Waals surface area contributed by atoms with Crippen LogP contribution in [-0.2, 0) is 9.53 Å². The van der Waals surface area contributed by atoms with Crippen LogP contribution in [0.25, 0.3) is 0 Å². The molecule has 0 aliphatic heterocycles. The van der Waals surface area contributed by atoms with Gasteiger partial charge in [-0.05, 0) is 21.0 Å². The maximum Gasteiger partial charge on any atom is 0.338 e. The third kappa shape index (κ3) is 5.01.